The number of amides is 1. The number of rotatable bonds is 6. The molecule has 1 aliphatic rings. The summed E-state index contributed by atoms with van der Waals surface area (Å²) in [6.07, 6.45) is 0.366. The number of nitrogens with zero attached hydrogens (tertiary/aromatic N) is 3. The number of aromatic nitrogens is 2. The Labute approximate surface area is 188 Å². The molecule has 1 saturated heterocycles. The zero-order chi connectivity index (χ0) is 20.9. The first-order valence-corrected chi connectivity index (χ1v) is 11.4. The molecule has 0 radical (unpaired) electrons. The molecule has 1 aliphatic heterocycles. The van der Waals surface area contributed by atoms with Crippen molar-refractivity contribution in [3.05, 3.63) is 56.8 Å². The molecule has 0 bridgehead atoms. The number of thiophene rings is 1. The van der Waals surface area contributed by atoms with Crippen LogP contribution in [-0.2, 0) is 11.2 Å². The van der Waals surface area contributed by atoms with Crippen LogP contribution in [0, 0.1) is 6.92 Å². The Balaban J connectivity index is 1.38. The summed E-state index contributed by atoms with van der Waals surface area (Å²) in [4.78, 5) is 24.7. The van der Waals surface area contributed by atoms with E-state index in [-0.39, 0.29) is 5.91 Å². The molecule has 156 valence electrons. The lowest BCUT2D eigenvalue weighted by Gasteiger charge is -2.27. The number of benzene rings is 1. The van der Waals surface area contributed by atoms with E-state index in [9.17, 15) is 4.79 Å². The summed E-state index contributed by atoms with van der Waals surface area (Å²) in [5.74, 6) is 1.48. The van der Waals surface area contributed by atoms with E-state index in [4.69, 9.17) is 0 Å². The quantitative estimate of drug-likeness (QED) is 0.489. The van der Waals surface area contributed by atoms with Gasteiger partial charge in [0.05, 0.1) is 6.42 Å². The molecule has 3 heterocycles. The van der Waals surface area contributed by atoms with E-state index < -0.39 is 0 Å². The highest BCUT2D eigenvalue weighted by molar-refractivity contribution is 9.10. The van der Waals surface area contributed by atoms with Crippen LogP contribution in [0.1, 0.15) is 10.6 Å². The third kappa shape index (κ3) is 5.56. The topological polar surface area (TPSA) is 82.2 Å². The number of carbonyl (C=O) groups is 1. The van der Waals surface area contributed by atoms with Gasteiger partial charge in [-0.2, -0.15) is 4.98 Å². The second-order valence-electron chi connectivity index (χ2n) is 7.09. The molecule has 1 aromatic carbocycles. The van der Waals surface area contributed by atoms with Gasteiger partial charge in [0.25, 0.3) is 0 Å². The third-order valence-electron chi connectivity index (χ3n) is 4.64. The van der Waals surface area contributed by atoms with Crippen LogP contribution in [0.25, 0.3) is 0 Å². The van der Waals surface area contributed by atoms with Gasteiger partial charge in [-0.1, -0.05) is 0 Å². The molecule has 30 heavy (non-hydrogen) atoms. The highest BCUT2D eigenvalue weighted by Gasteiger charge is 2.14. The average molecular weight is 487 g/mol. The van der Waals surface area contributed by atoms with E-state index in [0.717, 1.165) is 64.4 Å². The molecule has 0 unspecified atom stereocenters. The van der Waals surface area contributed by atoms with Crippen molar-refractivity contribution in [1.29, 1.82) is 0 Å². The standard InChI is InChI=1S/C21H23BrN6OS/c1-14-10-19(27-21(24-14)28-8-6-23-7-9-28)25-16-2-4-17(5-3-16)26-20(29)12-18-11-15(22)13-30-18/h2-5,10-11,13,23H,6-9,12H2,1H3,(H,26,29)(H,24,25,27). The Bertz CT molecular complexity index is 1020. The maximum atomic E-state index is 12.2. The fourth-order valence-electron chi connectivity index (χ4n) is 3.22. The zero-order valence-electron chi connectivity index (χ0n) is 16.6. The van der Waals surface area contributed by atoms with Crippen molar-refractivity contribution in [2.75, 3.05) is 41.7 Å². The van der Waals surface area contributed by atoms with Crippen LogP contribution >= 0.6 is 27.3 Å². The van der Waals surface area contributed by atoms with Crippen LogP contribution in [0.3, 0.4) is 0 Å². The molecule has 0 aliphatic carbocycles. The molecule has 7 nitrogen and oxygen atoms in total. The van der Waals surface area contributed by atoms with Crippen LogP contribution in [0.15, 0.2) is 46.3 Å². The number of aryl methyl sites for hydroxylation is 1. The number of hydrogen-bond acceptors (Lipinski definition) is 7. The monoisotopic (exact) mass is 486 g/mol. The van der Waals surface area contributed by atoms with Gasteiger partial charge in [-0.25, -0.2) is 4.98 Å². The summed E-state index contributed by atoms with van der Waals surface area (Å²) in [5, 5.41) is 11.6. The molecule has 3 N–H and O–H groups in total. The number of piperazine rings is 1. The first-order chi connectivity index (χ1) is 14.5. The average Bonchev–Trinajstić information content (AvgIpc) is 3.14. The summed E-state index contributed by atoms with van der Waals surface area (Å²) in [7, 11) is 0. The Kier molecular flexibility index (Phi) is 6.61. The van der Waals surface area contributed by atoms with E-state index in [1.54, 1.807) is 11.3 Å². The largest absolute Gasteiger partial charge is 0.340 e. The predicted molar refractivity (Wildman–Crippen MR) is 126 cm³/mol. The second kappa shape index (κ2) is 9.55. The van der Waals surface area contributed by atoms with Crippen molar-refractivity contribution < 1.29 is 4.79 Å². The molecule has 1 fully saturated rings. The summed E-state index contributed by atoms with van der Waals surface area (Å²) in [5.41, 5.74) is 2.59. The molecule has 9 heteroatoms. The van der Waals surface area contributed by atoms with Crippen molar-refractivity contribution in [2.24, 2.45) is 0 Å². The molecule has 2 aromatic heterocycles. The summed E-state index contributed by atoms with van der Waals surface area (Å²) in [6, 6.07) is 11.5. The maximum absolute atomic E-state index is 12.2. The SMILES string of the molecule is Cc1cc(Nc2ccc(NC(=O)Cc3cc(Br)cs3)cc2)nc(N2CCNCC2)n1. The molecule has 3 aromatic rings. The fourth-order valence-corrected chi connectivity index (χ4v) is 4.67. The van der Waals surface area contributed by atoms with Gasteiger partial charge in [-0.15, -0.1) is 11.3 Å². The van der Waals surface area contributed by atoms with Gasteiger partial charge < -0.3 is 20.9 Å². The number of halogens is 1. The van der Waals surface area contributed by atoms with Crippen LogP contribution in [-0.4, -0.2) is 42.1 Å². The Morgan fingerprint density at radius 2 is 1.90 bits per heavy atom. The Morgan fingerprint density at radius 1 is 1.17 bits per heavy atom. The Morgan fingerprint density at radius 3 is 2.60 bits per heavy atom. The molecular weight excluding hydrogens is 464 g/mol. The minimum atomic E-state index is -0.0304. The van der Waals surface area contributed by atoms with Crippen molar-refractivity contribution >= 4 is 56.3 Å². The number of nitrogens with one attached hydrogen (secondary N) is 3. The molecule has 4 rings (SSSR count). The third-order valence-corrected chi connectivity index (χ3v) is 6.34. The van der Waals surface area contributed by atoms with E-state index >= 15 is 0 Å². The zero-order valence-corrected chi connectivity index (χ0v) is 19.0. The van der Waals surface area contributed by atoms with Gasteiger partial charge in [-0.3, -0.25) is 4.79 Å². The van der Waals surface area contributed by atoms with Crippen LogP contribution in [0.4, 0.5) is 23.1 Å². The lowest BCUT2D eigenvalue weighted by molar-refractivity contribution is -0.115. The highest BCUT2D eigenvalue weighted by Crippen LogP contribution is 2.22. The normalized spacial score (nSPS) is 13.9. The van der Waals surface area contributed by atoms with Crippen LogP contribution in [0.2, 0.25) is 0 Å². The lowest BCUT2D eigenvalue weighted by Crippen LogP contribution is -2.44. The number of carbonyl (C=O) groups excluding carboxylic acids is 1. The maximum Gasteiger partial charge on any atom is 0.229 e. The van der Waals surface area contributed by atoms with Crippen molar-refractivity contribution in [3.63, 3.8) is 0 Å². The van der Waals surface area contributed by atoms with E-state index in [1.165, 1.54) is 0 Å². The predicted octanol–water partition coefficient (Wildman–Crippen LogP) is 3.94. The van der Waals surface area contributed by atoms with Crippen LogP contribution < -0.4 is 20.9 Å². The van der Waals surface area contributed by atoms with Gasteiger partial charge in [-0.05, 0) is 53.2 Å². The van der Waals surface area contributed by atoms with Gasteiger partial charge in [0, 0.05) is 64.0 Å². The van der Waals surface area contributed by atoms with Gasteiger partial charge in [0.1, 0.15) is 5.82 Å². The summed E-state index contributed by atoms with van der Waals surface area (Å²) in [6.45, 7) is 5.66. The molecular formula is C21H23BrN6OS. The van der Waals surface area contributed by atoms with Crippen molar-refractivity contribution in [2.45, 2.75) is 13.3 Å². The second-order valence-corrected chi connectivity index (χ2v) is 9.00. The molecule has 0 atom stereocenters. The first-order valence-electron chi connectivity index (χ1n) is 9.76. The number of anilines is 4. The lowest BCUT2D eigenvalue weighted by atomic mass is 10.2. The van der Waals surface area contributed by atoms with E-state index in [0.29, 0.717) is 6.42 Å². The van der Waals surface area contributed by atoms with E-state index in [2.05, 4.69) is 46.7 Å². The summed E-state index contributed by atoms with van der Waals surface area (Å²) < 4.78 is 1.01. The molecule has 0 saturated carbocycles. The highest BCUT2D eigenvalue weighted by atomic mass is 79.9. The summed E-state index contributed by atoms with van der Waals surface area (Å²) >= 11 is 4.98. The van der Waals surface area contributed by atoms with Gasteiger partial charge >= 0.3 is 0 Å². The molecule has 0 spiro atoms. The minimum absolute atomic E-state index is 0.0304. The van der Waals surface area contributed by atoms with Gasteiger partial charge in [0.15, 0.2) is 0 Å². The van der Waals surface area contributed by atoms with Crippen LogP contribution in [0.5, 0.6) is 0 Å². The minimum Gasteiger partial charge on any atom is -0.340 e. The van der Waals surface area contributed by atoms with Crippen molar-refractivity contribution in [1.82, 2.24) is 15.3 Å². The number of hydrogen-bond donors (Lipinski definition) is 3. The van der Waals surface area contributed by atoms with E-state index in [1.807, 2.05) is 48.7 Å². The Hall–Kier alpha value is -2.49. The van der Waals surface area contributed by atoms with Crippen molar-refractivity contribution in [3.8, 4) is 0 Å². The molecule has 1 amide bonds. The van der Waals surface area contributed by atoms with Gasteiger partial charge in [0.2, 0.25) is 11.9 Å². The fraction of sp³-hybridized carbons (Fsp3) is 0.286. The smallest absolute Gasteiger partial charge is 0.229 e. The first kappa shape index (κ1) is 20.8.